The molecule has 0 atom stereocenters. The van der Waals surface area contributed by atoms with Gasteiger partial charge in [0.15, 0.2) is 5.75 Å². The summed E-state index contributed by atoms with van der Waals surface area (Å²) in [6.07, 6.45) is 0. The molecule has 3 rings (SSSR count). The molecular formula is C26H23F3N2O6S2. The van der Waals surface area contributed by atoms with E-state index in [4.69, 9.17) is 0 Å². The van der Waals surface area contributed by atoms with Gasteiger partial charge in [0.2, 0.25) is 10.0 Å². The van der Waals surface area contributed by atoms with Crippen molar-refractivity contribution in [2.24, 2.45) is 0 Å². The normalized spacial score (nSPS) is 11.9. The topological polar surface area (TPSA) is 101 Å². The molecule has 1 amide bonds. The number of rotatable bonds is 8. The van der Waals surface area contributed by atoms with E-state index in [-0.39, 0.29) is 23.7 Å². The van der Waals surface area contributed by atoms with Gasteiger partial charge in [0, 0.05) is 7.05 Å². The smallest absolute Gasteiger partial charge is 0.374 e. The van der Waals surface area contributed by atoms with Gasteiger partial charge >= 0.3 is 21.5 Å². The highest BCUT2D eigenvalue weighted by molar-refractivity contribution is 7.89. The fourth-order valence-corrected chi connectivity index (χ4v) is 4.76. The minimum absolute atomic E-state index is 0.0337. The van der Waals surface area contributed by atoms with Gasteiger partial charge in [-0.25, -0.2) is 8.42 Å². The van der Waals surface area contributed by atoms with Crippen LogP contribution in [0.1, 0.15) is 11.1 Å². The molecule has 0 saturated carbocycles. The lowest BCUT2D eigenvalue weighted by atomic mass is 10.2. The van der Waals surface area contributed by atoms with E-state index in [0.717, 1.165) is 20.8 Å². The van der Waals surface area contributed by atoms with Gasteiger partial charge in [0.1, 0.15) is 0 Å². The van der Waals surface area contributed by atoms with E-state index >= 15 is 0 Å². The number of benzene rings is 3. The standard InChI is InChI=1S/C26H23F3N2O6S2/c1-20-14-16-22(17-15-20)38(33,34)30(2)18-8-13-25(32)31(19-21-9-4-3-5-10-21)23-11-6-7-12-24(23)37-39(35,36)26(27,28)29/h3-7,9-12,14-17H,18-19H2,1-2H3. The third kappa shape index (κ3) is 7.38. The Morgan fingerprint density at radius 2 is 1.49 bits per heavy atom. The largest absolute Gasteiger partial charge is 0.534 e. The number of hydrogen-bond acceptors (Lipinski definition) is 6. The number of halogens is 3. The summed E-state index contributed by atoms with van der Waals surface area (Å²) < 4.78 is 93.0. The fourth-order valence-electron chi connectivity index (χ4n) is 3.22. The molecule has 0 unspecified atom stereocenters. The van der Waals surface area contributed by atoms with Crippen LogP contribution in [0.4, 0.5) is 18.9 Å². The molecule has 0 saturated heterocycles. The van der Waals surface area contributed by atoms with Gasteiger partial charge in [-0.1, -0.05) is 66.1 Å². The predicted molar refractivity (Wildman–Crippen MR) is 138 cm³/mol. The molecule has 3 aromatic carbocycles. The zero-order chi connectivity index (χ0) is 28.8. The lowest BCUT2D eigenvalue weighted by Crippen LogP contribution is -2.32. The molecule has 3 aromatic rings. The van der Waals surface area contributed by atoms with Crippen molar-refractivity contribution >= 4 is 31.7 Å². The van der Waals surface area contributed by atoms with Crippen LogP contribution in [0.15, 0.2) is 83.8 Å². The summed E-state index contributed by atoms with van der Waals surface area (Å²) in [6.45, 7) is 1.24. The maximum atomic E-state index is 13.2. The average molecular weight is 581 g/mol. The molecule has 39 heavy (non-hydrogen) atoms. The average Bonchev–Trinajstić information content (AvgIpc) is 2.87. The van der Waals surface area contributed by atoms with E-state index in [0.29, 0.717) is 5.56 Å². The Balaban J connectivity index is 1.92. The van der Waals surface area contributed by atoms with E-state index < -0.39 is 37.3 Å². The summed E-state index contributed by atoms with van der Waals surface area (Å²) in [6, 6.07) is 19.3. The number of alkyl halides is 3. The first kappa shape index (κ1) is 29.7. The quantitative estimate of drug-likeness (QED) is 0.226. The molecule has 0 N–H and O–H groups in total. The van der Waals surface area contributed by atoms with Crippen LogP contribution in [0.5, 0.6) is 5.75 Å². The zero-order valence-corrected chi connectivity index (χ0v) is 22.3. The number of carbonyl (C=O) groups is 1. The van der Waals surface area contributed by atoms with Gasteiger partial charge in [-0.05, 0) is 42.7 Å². The summed E-state index contributed by atoms with van der Waals surface area (Å²) in [4.78, 5) is 14.1. The summed E-state index contributed by atoms with van der Waals surface area (Å²) >= 11 is 0. The van der Waals surface area contributed by atoms with Crippen LogP contribution in [0.25, 0.3) is 0 Å². The Hall–Kier alpha value is -3.86. The fraction of sp³-hybridized carbons (Fsp3) is 0.192. The lowest BCUT2D eigenvalue weighted by molar-refractivity contribution is -0.113. The van der Waals surface area contributed by atoms with Crippen molar-refractivity contribution in [1.29, 1.82) is 0 Å². The SMILES string of the molecule is Cc1ccc(S(=O)(=O)N(C)CC#CC(=O)N(Cc2ccccc2)c2ccccc2OS(=O)(=O)C(F)(F)F)cc1. The lowest BCUT2D eigenvalue weighted by Gasteiger charge is -2.23. The van der Waals surface area contributed by atoms with Gasteiger partial charge in [0.05, 0.1) is 23.7 Å². The summed E-state index contributed by atoms with van der Waals surface area (Å²) in [5.41, 5.74) is -4.55. The highest BCUT2D eigenvalue weighted by Gasteiger charge is 2.49. The number of carbonyl (C=O) groups excluding carboxylic acids is 1. The third-order valence-corrected chi connectivity index (χ3v) is 8.08. The Bertz CT molecular complexity index is 1600. The number of para-hydroxylation sites is 2. The van der Waals surface area contributed by atoms with Gasteiger partial charge < -0.3 is 4.18 Å². The zero-order valence-electron chi connectivity index (χ0n) is 20.7. The Labute approximate surface area is 224 Å². The minimum Gasteiger partial charge on any atom is -0.374 e. The first-order valence-electron chi connectivity index (χ1n) is 11.2. The van der Waals surface area contributed by atoms with Crippen LogP contribution in [0.2, 0.25) is 0 Å². The van der Waals surface area contributed by atoms with Crippen LogP contribution < -0.4 is 9.08 Å². The molecule has 13 heteroatoms. The molecule has 0 aliphatic heterocycles. The predicted octanol–water partition coefficient (Wildman–Crippen LogP) is 4.08. The molecular weight excluding hydrogens is 557 g/mol. The van der Waals surface area contributed by atoms with Crippen LogP contribution in [-0.2, 0) is 31.5 Å². The van der Waals surface area contributed by atoms with Gasteiger partial charge in [-0.15, -0.1) is 0 Å². The first-order chi connectivity index (χ1) is 18.2. The highest BCUT2D eigenvalue weighted by Crippen LogP contribution is 2.34. The monoisotopic (exact) mass is 580 g/mol. The number of sulfonamides is 1. The minimum atomic E-state index is -6.03. The van der Waals surface area contributed by atoms with E-state index in [1.807, 2.05) is 0 Å². The summed E-state index contributed by atoms with van der Waals surface area (Å²) in [5.74, 6) is 3.09. The second-order valence-corrected chi connectivity index (χ2v) is 11.8. The molecule has 8 nitrogen and oxygen atoms in total. The van der Waals surface area contributed by atoms with Gasteiger partial charge in [-0.3, -0.25) is 9.69 Å². The molecule has 0 fully saturated rings. The Kier molecular flexibility index (Phi) is 9.06. The van der Waals surface area contributed by atoms with Crippen molar-refractivity contribution in [2.75, 3.05) is 18.5 Å². The molecule has 0 aliphatic rings. The Morgan fingerprint density at radius 1 is 0.897 bits per heavy atom. The van der Waals surface area contributed by atoms with Crippen molar-refractivity contribution < 1.29 is 39.0 Å². The van der Waals surface area contributed by atoms with Crippen molar-refractivity contribution in [1.82, 2.24) is 4.31 Å². The first-order valence-corrected chi connectivity index (χ1v) is 14.0. The highest BCUT2D eigenvalue weighted by atomic mass is 32.2. The molecule has 0 aliphatic carbocycles. The number of anilines is 1. The maximum Gasteiger partial charge on any atom is 0.534 e. The molecule has 0 spiro atoms. The molecule has 0 bridgehead atoms. The van der Waals surface area contributed by atoms with E-state index in [9.17, 15) is 34.8 Å². The van der Waals surface area contributed by atoms with Crippen LogP contribution in [0.3, 0.4) is 0 Å². The molecule has 206 valence electrons. The van der Waals surface area contributed by atoms with Gasteiger partial charge in [-0.2, -0.15) is 25.9 Å². The van der Waals surface area contributed by atoms with Crippen molar-refractivity contribution in [3.8, 4) is 17.6 Å². The summed E-state index contributed by atoms with van der Waals surface area (Å²) in [5, 5.41) is 0. The van der Waals surface area contributed by atoms with E-state index in [2.05, 4.69) is 16.0 Å². The second-order valence-electron chi connectivity index (χ2n) is 8.20. The van der Waals surface area contributed by atoms with Crippen LogP contribution in [0, 0.1) is 18.8 Å². The second kappa shape index (κ2) is 11.9. The number of nitrogens with zero attached hydrogens (tertiary/aromatic N) is 2. The molecule has 0 radical (unpaired) electrons. The van der Waals surface area contributed by atoms with Crippen molar-refractivity contribution in [3.05, 3.63) is 90.0 Å². The maximum absolute atomic E-state index is 13.2. The third-order valence-electron chi connectivity index (χ3n) is 5.29. The Morgan fingerprint density at radius 3 is 2.10 bits per heavy atom. The summed E-state index contributed by atoms with van der Waals surface area (Å²) in [7, 11) is -8.65. The van der Waals surface area contributed by atoms with Gasteiger partial charge in [0.25, 0.3) is 0 Å². The van der Waals surface area contributed by atoms with Crippen molar-refractivity contribution in [3.63, 3.8) is 0 Å². The van der Waals surface area contributed by atoms with Crippen molar-refractivity contribution in [2.45, 2.75) is 23.9 Å². The van der Waals surface area contributed by atoms with Crippen LogP contribution in [-0.4, -0.2) is 46.1 Å². The van der Waals surface area contributed by atoms with E-state index in [1.165, 1.54) is 37.4 Å². The molecule has 0 heterocycles. The number of aryl methyl sites for hydroxylation is 1. The number of amides is 1. The van der Waals surface area contributed by atoms with Crippen LogP contribution >= 0.6 is 0 Å². The molecule has 0 aromatic heterocycles. The van der Waals surface area contributed by atoms with E-state index in [1.54, 1.807) is 49.4 Å². The number of hydrogen-bond donors (Lipinski definition) is 0.